The summed E-state index contributed by atoms with van der Waals surface area (Å²) in [5.41, 5.74) is 0. The van der Waals surface area contributed by atoms with Crippen molar-refractivity contribution in [3.63, 3.8) is 0 Å². The molecule has 3 unspecified atom stereocenters. The van der Waals surface area contributed by atoms with E-state index in [-0.39, 0.29) is 18.4 Å². The molecular weight excluding hydrogens is 232 g/mol. The number of aliphatic carboxylic acids is 1. The Morgan fingerprint density at radius 3 is 2.33 bits per heavy atom. The van der Waals surface area contributed by atoms with Gasteiger partial charge < -0.3 is 15.3 Å². The van der Waals surface area contributed by atoms with Crippen LogP contribution in [0.2, 0.25) is 0 Å². The topological polar surface area (TPSA) is 69.6 Å². The molecule has 0 bridgehead atoms. The number of amides is 2. The van der Waals surface area contributed by atoms with Crippen LogP contribution in [0, 0.1) is 17.8 Å². The van der Waals surface area contributed by atoms with E-state index in [1.54, 1.807) is 0 Å². The number of carbonyl (C=O) groups excluding carboxylic acids is 1. The molecule has 1 aliphatic rings. The van der Waals surface area contributed by atoms with Gasteiger partial charge in [-0.3, -0.25) is 4.79 Å². The number of carboxylic acid groups (broad SMARTS) is 1. The zero-order valence-corrected chi connectivity index (χ0v) is 11.5. The Morgan fingerprint density at radius 2 is 1.89 bits per heavy atom. The van der Waals surface area contributed by atoms with Crippen LogP contribution in [0.15, 0.2) is 0 Å². The lowest BCUT2D eigenvalue weighted by molar-refractivity contribution is -0.138. The van der Waals surface area contributed by atoms with Crippen molar-refractivity contribution in [3.05, 3.63) is 0 Å². The molecule has 5 heteroatoms. The van der Waals surface area contributed by atoms with Crippen LogP contribution in [0.25, 0.3) is 0 Å². The van der Waals surface area contributed by atoms with Gasteiger partial charge in [-0.1, -0.05) is 27.2 Å². The van der Waals surface area contributed by atoms with Crippen LogP contribution in [0.1, 0.15) is 33.6 Å². The van der Waals surface area contributed by atoms with Gasteiger partial charge >= 0.3 is 12.0 Å². The van der Waals surface area contributed by atoms with Gasteiger partial charge in [0.25, 0.3) is 0 Å². The highest BCUT2D eigenvalue weighted by Gasteiger charge is 2.29. The third-order valence-electron chi connectivity index (χ3n) is 3.86. The van der Waals surface area contributed by atoms with Crippen LogP contribution in [-0.2, 0) is 4.79 Å². The molecule has 1 saturated heterocycles. The molecule has 1 fully saturated rings. The molecule has 0 aromatic carbocycles. The van der Waals surface area contributed by atoms with Gasteiger partial charge in [-0.15, -0.1) is 0 Å². The predicted molar refractivity (Wildman–Crippen MR) is 69.3 cm³/mol. The van der Waals surface area contributed by atoms with Crippen molar-refractivity contribution in [2.75, 3.05) is 19.6 Å². The molecule has 2 amide bonds. The zero-order valence-electron chi connectivity index (χ0n) is 11.5. The van der Waals surface area contributed by atoms with Crippen molar-refractivity contribution in [1.82, 2.24) is 10.2 Å². The number of likely N-dealkylation sites (tertiary alicyclic amines) is 1. The van der Waals surface area contributed by atoms with E-state index >= 15 is 0 Å². The molecule has 0 aliphatic carbocycles. The largest absolute Gasteiger partial charge is 0.481 e. The Morgan fingerprint density at radius 1 is 1.33 bits per heavy atom. The fourth-order valence-corrected chi connectivity index (χ4v) is 2.25. The summed E-state index contributed by atoms with van der Waals surface area (Å²) >= 11 is 0. The van der Waals surface area contributed by atoms with Crippen LogP contribution in [0.5, 0.6) is 0 Å². The van der Waals surface area contributed by atoms with Crippen LogP contribution < -0.4 is 5.32 Å². The lowest BCUT2D eigenvalue weighted by Crippen LogP contribution is -2.41. The summed E-state index contributed by atoms with van der Waals surface area (Å²) in [6.07, 6.45) is 0.878. The van der Waals surface area contributed by atoms with E-state index < -0.39 is 5.97 Å². The van der Waals surface area contributed by atoms with Crippen molar-refractivity contribution >= 4 is 12.0 Å². The first-order valence-corrected chi connectivity index (χ1v) is 6.68. The summed E-state index contributed by atoms with van der Waals surface area (Å²) in [5.74, 6) is 0.289. The Labute approximate surface area is 109 Å². The molecule has 2 N–H and O–H groups in total. The molecule has 3 atom stereocenters. The van der Waals surface area contributed by atoms with E-state index in [4.69, 9.17) is 5.11 Å². The Kier molecular flexibility index (Phi) is 5.44. The summed E-state index contributed by atoms with van der Waals surface area (Å²) in [7, 11) is 0. The number of nitrogens with zero attached hydrogens (tertiary/aromatic N) is 1. The van der Waals surface area contributed by atoms with E-state index in [0.717, 1.165) is 19.5 Å². The maximum atomic E-state index is 11.9. The second-order valence-electron chi connectivity index (χ2n) is 5.42. The number of carboxylic acids is 1. The van der Waals surface area contributed by atoms with Crippen LogP contribution in [0.4, 0.5) is 4.79 Å². The van der Waals surface area contributed by atoms with E-state index in [0.29, 0.717) is 18.4 Å². The number of rotatable bonds is 5. The molecular formula is C13H24N2O3. The third kappa shape index (κ3) is 4.20. The highest BCUT2D eigenvalue weighted by molar-refractivity contribution is 5.74. The maximum Gasteiger partial charge on any atom is 0.317 e. The first-order chi connectivity index (χ1) is 8.43. The lowest BCUT2D eigenvalue weighted by Gasteiger charge is -2.19. The van der Waals surface area contributed by atoms with E-state index in [1.807, 2.05) is 11.8 Å². The fraction of sp³-hybridized carbons (Fsp3) is 0.846. The van der Waals surface area contributed by atoms with Crippen LogP contribution in [0.3, 0.4) is 0 Å². The molecule has 0 spiro atoms. The van der Waals surface area contributed by atoms with Gasteiger partial charge in [-0.2, -0.15) is 0 Å². The molecule has 18 heavy (non-hydrogen) atoms. The number of nitrogens with one attached hydrogen (secondary N) is 1. The van der Waals surface area contributed by atoms with Crippen LogP contribution in [-0.4, -0.2) is 41.6 Å². The second-order valence-corrected chi connectivity index (χ2v) is 5.42. The standard InChI is InChI=1S/C13H24N2O3/c1-4-11(5-12(16)17)6-14-13(18)15-7-9(2)10(3)8-15/h9-11H,4-8H2,1-3H3,(H,14,18)(H,16,17). The zero-order chi connectivity index (χ0) is 13.7. The molecule has 0 radical (unpaired) electrons. The average Bonchev–Trinajstić information content (AvgIpc) is 2.64. The predicted octanol–water partition coefficient (Wildman–Crippen LogP) is 1.78. The fourth-order valence-electron chi connectivity index (χ4n) is 2.25. The van der Waals surface area contributed by atoms with Crippen molar-refractivity contribution in [3.8, 4) is 0 Å². The first kappa shape index (κ1) is 14.8. The summed E-state index contributed by atoms with van der Waals surface area (Å²) in [4.78, 5) is 24.4. The highest BCUT2D eigenvalue weighted by atomic mass is 16.4. The van der Waals surface area contributed by atoms with Gasteiger partial charge in [0.15, 0.2) is 0 Å². The smallest absolute Gasteiger partial charge is 0.317 e. The van der Waals surface area contributed by atoms with Gasteiger partial charge in [0.1, 0.15) is 0 Å². The van der Waals surface area contributed by atoms with E-state index in [9.17, 15) is 9.59 Å². The van der Waals surface area contributed by atoms with Crippen LogP contribution >= 0.6 is 0 Å². The number of hydrogen-bond donors (Lipinski definition) is 2. The van der Waals surface area contributed by atoms with Crippen molar-refractivity contribution < 1.29 is 14.7 Å². The molecule has 0 aromatic heterocycles. The average molecular weight is 256 g/mol. The number of carbonyl (C=O) groups is 2. The minimum Gasteiger partial charge on any atom is -0.481 e. The molecule has 1 rings (SSSR count). The molecule has 5 nitrogen and oxygen atoms in total. The van der Waals surface area contributed by atoms with E-state index in [1.165, 1.54) is 0 Å². The monoisotopic (exact) mass is 256 g/mol. The quantitative estimate of drug-likeness (QED) is 0.787. The Bertz CT molecular complexity index is 297. The Hall–Kier alpha value is -1.26. The summed E-state index contributed by atoms with van der Waals surface area (Å²) < 4.78 is 0. The molecule has 0 aromatic rings. The maximum absolute atomic E-state index is 11.9. The van der Waals surface area contributed by atoms with Crippen molar-refractivity contribution in [2.24, 2.45) is 17.8 Å². The number of hydrogen-bond acceptors (Lipinski definition) is 2. The molecule has 0 saturated carbocycles. The number of urea groups is 1. The molecule has 1 heterocycles. The molecule has 104 valence electrons. The van der Waals surface area contributed by atoms with Gasteiger partial charge in [-0.05, 0) is 17.8 Å². The van der Waals surface area contributed by atoms with Crippen molar-refractivity contribution in [2.45, 2.75) is 33.6 Å². The van der Waals surface area contributed by atoms with Gasteiger partial charge in [0.05, 0.1) is 0 Å². The SMILES string of the molecule is CCC(CNC(=O)N1CC(C)C(C)C1)CC(=O)O. The Balaban J connectivity index is 2.34. The third-order valence-corrected chi connectivity index (χ3v) is 3.86. The van der Waals surface area contributed by atoms with Crippen molar-refractivity contribution in [1.29, 1.82) is 0 Å². The minimum atomic E-state index is -0.806. The minimum absolute atomic E-state index is 0.0175. The molecule has 1 aliphatic heterocycles. The van der Waals surface area contributed by atoms with Gasteiger partial charge in [-0.25, -0.2) is 4.79 Å². The van der Waals surface area contributed by atoms with Gasteiger partial charge in [0.2, 0.25) is 0 Å². The first-order valence-electron chi connectivity index (χ1n) is 6.68. The van der Waals surface area contributed by atoms with Gasteiger partial charge in [0, 0.05) is 26.1 Å². The lowest BCUT2D eigenvalue weighted by atomic mass is 10.0. The summed E-state index contributed by atoms with van der Waals surface area (Å²) in [6, 6.07) is -0.0601. The second kappa shape index (κ2) is 6.61. The normalized spacial score (nSPS) is 24.9. The van der Waals surface area contributed by atoms with E-state index in [2.05, 4.69) is 19.2 Å². The summed E-state index contributed by atoms with van der Waals surface area (Å²) in [5, 5.41) is 11.6. The summed E-state index contributed by atoms with van der Waals surface area (Å²) in [6.45, 7) is 8.28. The highest BCUT2D eigenvalue weighted by Crippen LogP contribution is 2.21.